The van der Waals surface area contributed by atoms with E-state index in [0.29, 0.717) is 6.04 Å². The summed E-state index contributed by atoms with van der Waals surface area (Å²) >= 11 is 0. The van der Waals surface area contributed by atoms with Crippen LogP contribution in [-0.4, -0.2) is 11.2 Å². The highest BCUT2D eigenvalue weighted by molar-refractivity contribution is 5.70. The van der Waals surface area contributed by atoms with Gasteiger partial charge in [0.25, 0.3) is 0 Å². The molecule has 0 atom stereocenters. The summed E-state index contributed by atoms with van der Waals surface area (Å²) in [6, 6.07) is 8.96. The number of rotatable bonds is 3. The maximum absolute atomic E-state index is 5.65. The van der Waals surface area contributed by atoms with Gasteiger partial charge in [-0.05, 0) is 17.4 Å². The molecular weight excluding hydrogens is 248 g/mol. The first kappa shape index (κ1) is 13.4. The molecule has 0 aliphatic heterocycles. The summed E-state index contributed by atoms with van der Waals surface area (Å²) < 4.78 is 5.65. The minimum Gasteiger partial charge on any atom is -0.356 e. The zero-order valence-electron chi connectivity index (χ0n) is 12.7. The van der Waals surface area contributed by atoms with Crippen LogP contribution in [0.25, 0.3) is 11.3 Å². The van der Waals surface area contributed by atoms with Crippen LogP contribution in [0.5, 0.6) is 0 Å². The standard InChI is InChI=1S/C17H22N2O/c1-11(2)18-10-15-13-9-17(3,4)14-8-6-5-7-12(14)16(13)20-19-15/h5-8,11,18H,9-10H2,1-4H3. The van der Waals surface area contributed by atoms with E-state index in [1.54, 1.807) is 0 Å². The lowest BCUT2D eigenvalue weighted by atomic mass is 9.72. The van der Waals surface area contributed by atoms with Crippen LogP contribution in [0.1, 0.15) is 44.5 Å². The Labute approximate surface area is 120 Å². The molecule has 1 aromatic carbocycles. The SMILES string of the molecule is CC(C)NCc1noc2c1CC(C)(C)c1ccccc1-2. The minimum atomic E-state index is 0.127. The van der Waals surface area contributed by atoms with Crippen LogP contribution in [0.2, 0.25) is 0 Å². The highest BCUT2D eigenvalue weighted by atomic mass is 16.5. The van der Waals surface area contributed by atoms with Crippen molar-refractivity contribution in [2.75, 3.05) is 0 Å². The van der Waals surface area contributed by atoms with Gasteiger partial charge in [-0.2, -0.15) is 0 Å². The molecule has 1 aliphatic carbocycles. The fourth-order valence-corrected chi connectivity index (χ4v) is 2.98. The summed E-state index contributed by atoms with van der Waals surface area (Å²) in [6.45, 7) is 9.65. The number of hydrogen-bond acceptors (Lipinski definition) is 3. The predicted molar refractivity (Wildman–Crippen MR) is 80.6 cm³/mol. The molecule has 1 N–H and O–H groups in total. The maximum Gasteiger partial charge on any atom is 0.170 e. The molecule has 1 aromatic heterocycles. The van der Waals surface area contributed by atoms with Crippen LogP contribution in [0.3, 0.4) is 0 Å². The van der Waals surface area contributed by atoms with Gasteiger partial charge in [-0.1, -0.05) is 57.1 Å². The van der Waals surface area contributed by atoms with Crippen LogP contribution in [-0.2, 0) is 18.4 Å². The van der Waals surface area contributed by atoms with Crippen LogP contribution in [0.4, 0.5) is 0 Å². The van der Waals surface area contributed by atoms with Crippen LogP contribution >= 0.6 is 0 Å². The number of benzene rings is 1. The van der Waals surface area contributed by atoms with Crippen molar-refractivity contribution in [3.63, 3.8) is 0 Å². The quantitative estimate of drug-likeness (QED) is 0.924. The molecule has 1 aliphatic rings. The number of nitrogens with one attached hydrogen (secondary N) is 1. The Morgan fingerprint density at radius 3 is 2.80 bits per heavy atom. The molecular formula is C17H22N2O. The molecule has 0 spiro atoms. The molecule has 2 aromatic rings. The monoisotopic (exact) mass is 270 g/mol. The van der Waals surface area contributed by atoms with Gasteiger partial charge in [0, 0.05) is 23.7 Å². The average molecular weight is 270 g/mol. The van der Waals surface area contributed by atoms with Gasteiger partial charge in [-0.15, -0.1) is 0 Å². The Hall–Kier alpha value is -1.61. The van der Waals surface area contributed by atoms with Crippen molar-refractivity contribution in [3.05, 3.63) is 41.1 Å². The summed E-state index contributed by atoms with van der Waals surface area (Å²) in [5.41, 5.74) is 4.99. The highest BCUT2D eigenvalue weighted by Gasteiger charge is 2.35. The van der Waals surface area contributed by atoms with E-state index in [2.05, 4.69) is 62.4 Å². The Bertz CT molecular complexity index is 626. The molecule has 0 radical (unpaired) electrons. The topological polar surface area (TPSA) is 38.1 Å². The molecule has 1 heterocycles. The Balaban J connectivity index is 2.05. The van der Waals surface area contributed by atoms with Gasteiger partial charge in [0.2, 0.25) is 0 Å². The van der Waals surface area contributed by atoms with E-state index in [-0.39, 0.29) is 5.41 Å². The molecule has 0 saturated heterocycles. The third-order valence-electron chi connectivity index (χ3n) is 4.07. The lowest BCUT2D eigenvalue weighted by Crippen LogP contribution is -2.27. The van der Waals surface area contributed by atoms with E-state index in [9.17, 15) is 0 Å². The van der Waals surface area contributed by atoms with Crippen LogP contribution in [0.15, 0.2) is 28.8 Å². The third-order valence-corrected chi connectivity index (χ3v) is 4.07. The van der Waals surface area contributed by atoms with Gasteiger partial charge in [-0.25, -0.2) is 0 Å². The molecule has 0 unspecified atom stereocenters. The van der Waals surface area contributed by atoms with Gasteiger partial charge in [0.15, 0.2) is 5.76 Å². The molecule has 3 rings (SSSR count). The van der Waals surface area contributed by atoms with E-state index in [0.717, 1.165) is 24.4 Å². The highest BCUT2D eigenvalue weighted by Crippen LogP contribution is 2.43. The molecule has 106 valence electrons. The maximum atomic E-state index is 5.65. The molecule has 0 fully saturated rings. The first-order chi connectivity index (χ1) is 9.49. The molecule has 0 bridgehead atoms. The zero-order chi connectivity index (χ0) is 14.3. The zero-order valence-corrected chi connectivity index (χ0v) is 12.7. The number of hydrogen-bond donors (Lipinski definition) is 1. The van der Waals surface area contributed by atoms with Crippen molar-refractivity contribution in [1.29, 1.82) is 0 Å². The number of aromatic nitrogens is 1. The third kappa shape index (κ3) is 2.16. The van der Waals surface area contributed by atoms with E-state index in [1.165, 1.54) is 16.7 Å². The van der Waals surface area contributed by atoms with Crippen molar-refractivity contribution in [2.45, 2.75) is 52.1 Å². The van der Waals surface area contributed by atoms with Gasteiger partial charge < -0.3 is 9.84 Å². The average Bonchev–Trinajstić information content (AvgIpc) is 2.79. The Morgan fingerprint density at radius 1 is 1.30 bits per heavy atom. The number of nitrogens with zero attached hydrogens (tertiary/aromatic N) is 1. The number of fused-ring (bicyclic) bond motifs is 3. The first-order valence-corrected chi connectivity index (χ1v) is 7.30. The summed E-state index contributed by atoms with van der Waals surface area (Å²) in [6.07, 6.45) is 0.984. The van der Waals surface area contributed by atoms with E-state index in [4.69, 9.17) is 4.52 Å². The normalized spacial score (nSPS) is 16.1. The minimum absolute atomic E-state index is 0.127. The molecule has 0 amide bonds. The van der Waals surface area contributed by atoms with Crippen LogP contribution < -0.4 is 5.32 Å². The largest absolute Gasteiger partial charge is 0.356 e. The van der Waals surface area contributed by atoms with Crippen molar-refractivity contribution in [2.24, 2.45) is 0 Å². The van der Waals surface area contributed by atoms with Crippen molar-refractivity contribution in [3.8, 4) is 11.3 Å². The van der Waals surface area contributed by atoms with Gasteiger partial charge in [0.05, 0.1) is 0 Å². The van der Waals surface area contributed by atoms with Crippen molar-refractivity contribution >= 4 is 0 Å². The van der Waals surface area contributed by atoms with E-state index < -0.39 is 0 Å². The smallest absolute Gasteiger partial charge is 0.170 e. The molecule has 20 heavy (non-hydrogen) atoms. The van der Waals surface area contributed by atoms with Gasteiger partial charge in [0.1, 0.15) is 5.69 Å². The Kier molecular flexibility index (Phi) is 3.17. The van der Waals surface area contributed by atoms with Gasteiger partial charge in [-0.3, -0.25) is 0 Å². The van der Waals surface area contributed by atoms with E-state index in [1.807, 2.05) is 0 Å². The molecule has 3 heteroatoms. The van der Waals surface area contributed by atoms with E-state index >= 15 is 0 Å². The lowest BCUT2D eigenvalue weighted by molar-refractivity contribution is 0.413. The second-order valence-electron chi connectivity index (χ2n) is 6.58. The summed E-state index contributed by atoms with van der Waals surface area (Å²) in [4.78, 5) is 0. The summed E-state index contributed by atoms with van der Waals surface area (Å²) in [5, 5.41) is 7.72. The molecule has 3 nitrogen and oxygen atoms in total. The summed E-state index contributed by atoms with van der Waals surface area (Å²) in [5.74, 6) is 0.959. The fourth-order valence-electron chi connectivity index (χ4n) is 2.98. The fraction of sp³-hybridized carbons (Fsp3) is 0.471. The summed E-state index contributed by atoms with van der Waals surface area (Å²) in [7, 11) is 0. The second kappa shape index (κ2) is 4.74. The Morgan fingerprint density at radius 2 is 2.05 bits per heavy atom. The van der Waals surface area contributed by atoms with Gasteiger partial charge >= 0.3 is 0 Å². The van der Waals surface area contributed by atoms with Crippen molar-refractivity contribution in [1.82, 2.24) is 10.5 Å². The van der Waals surface area contributed by atoms with Crippen LogP contribution in [0, 0.1) is 0 Å². The molecule has 0 saturated carbocycles. The predicted octanol–water partition coefficient (Wildman–Crippen LogP) is 3.67. The first-order valence-electron chi connectivity index (χ1n) is 7.30. The lowest BCUT2D eigenvalue weighted by Gasteiger charge is -2.31. The second-order valence-corrected chi connectivity index (χ2v) is 6.58. The van der Waals surface area contributed by atoms with Crippen molar-refractivity contribution < 1.29 is 4.52 Å².